The molecule has 20 heavy (non-hydrogen) atoms. The lowest BCUT2D eigenvalue weighted by Crippen LogP contribution is -2.42. The molecule has 1 aromatic carbocycles. The molecule has 0 aromatic heterocycles. The zero-order chi connectivity index (χ0) is 13.7. The van der Waals surface area contributed by atoms with Gasteiger partial charge in [0, 0.05) is 25.2 Å². The number of para-hydroxylation sites is 1. The molecule has 1 saturated heterocycles. The summed E-state index contributed by atoms with van der Waals surface area (Å²) in [4.78, 5) is 25.6. The van der Waals surface area contributed by atoms with Crippen molar-refractivity contribution in [3.05, 3.63) is 30.3 Å². The summed E-state index contributed by atoms with van der Waals surface area (Å²) in [7, 11) is 1.80. The SMILES string of the molecule is CNCCC(=O)NC1CCN(c2ccccc2)C1=O.Cl. The summed E-state index contributed by atoms with van der Waals surface area (Å²) in [5, 5.41) is 5.71. The zero-order valence-corrected chi connectivity index (χ0v) is 12.3. The largest absolute Gasteiger partial charge is 0.344 e. The van der Waals surface area contributed by atoms with E-state index in [1.807, 2.05) is 30.3 Å². The maximum absolute atomic E-state index is 12.2. The number of halogens is 1. The van der Waals surface area contributed by atoms with Gasteiger partial charge >= 0.3 is 0 Å². The van der Waals surface area contributed by atoms with Crippen LogP contribution in [-0.4, -0.2) is 38.0 Å². The fraction of sp³-hybridized carbons (Fsp3) is 0.429. The van der Waals surface area contributed by atoms with Gasteiger partial charge in [0.2, 0.25) is 11.8 Å². The molecule has 2 N–H and O–H groups in total. The average Bonchev–Trinajstić information content (AvgIpc) is 2.79. The lowest BCUT2D eigenvalue weighted by atomic mass is 10.2. The Morgan fingerprint density at radius 1 is 1.35 bits per heavy atom. The maximum Gasteiger partial charge on any atom is 0.249 e. The fourth-order valence-corrected chi connectivity index (χ4v) is 2.18. The van der Waals surface area contributed by atoms with E-state index in [0.29, 0.717) is 25.9 Å². The number of amides is 2. The van der Waals surface area contributed by atoms with Gasteiger partial charge in [-0.15, -0.1) is 12.4 Å². The second kappa shape index (κ2) is 7.87. The van der Waals surface area contributed by atoms with Crippen LogP contribution >= 0.6 is 12.4 Å². The first kappa shape index (κ1) is 16.5. The van der Waals surface area contributed by atoms with E-state index in [4.69, 9.17) is 0 Å². The molecule has 2 rings (SSSR count). The van der Waals surface area contributed by atoms with Gasteiger partial charge in [0.25, 0.3) is 0 Å². The summed E-state index contributed by atoms with van der Waals surface area (Å²) in [5.41, 5.74) is 0.888. The Labute approximate surface area is 125 Å². The monoisotopic (exact) mass is 297 g/mol. The lowest BCUT2D eigenvalue weighted by molar-refractivity contribution is -0.126. The van der Waals surface area contributed by atoms with Crippen molar-refractivity contribution in [2.45, 2.75) is 18.9 Å². The van der Waals surface area contributed by atoms with E-state index >= 15 is 0 Å². The minimum Gasteiger partial charge on any atom is -0.344 e. The minimum absolute atomic E-state index is 0. The van der Waals surface area contributed by atoms with E-state index in [1.165, 1.54) is 0 Å². The quantitative estimate of drug-likeness (QED) is 0.850. The molecular formula is C14H20ClN3O2. The number of hydrogen-bond donors (Lipinski definition) is 2. The van der Waals surface area contributed by atoms with E-state index in [1.54, 1.807) is 11.9 Å². The molecule has 0 bridgehead atoms. The van der Waals surface area contributed by atoms with Gasteiger partial charge in [-0.05, 0) is 25.6 Å². The molecule has 1 heterocycles. The summed E-state index contributed by atoms with van der Waals surface area (Å²) in [6, 6.07) is 9.15. The van der Waals surface area contributed by atoms with E-state index in [-0.39, 0.29) is 30.3 Å². The Balaban J connectivity index is 0.00000200. The Morgan fingerprint density at radius 2 is 2.05 bits per heavy atom. The molecule has 1 aliphatic rings. The number of hydrogen-bond acceptors (Lipinski definition) is 3. The summed E-state index contributed by atoms with van der Waals surface area (Å²) in [6.45, 7) is 1.27. The second-order valence-corrected chi connectivity index (χ2v) is 4.59. The first-order valence-electron chi connectivity index (χ1n) is 6.53. The van der Waals surface area contributed by atoms with Crippen molar-refractivity contribution in [2.75, 3.05) is 25.0 Å². The van der Waals surface area contributed by atoms with Crippen LogP contribution in [0, 0.1) is 0 Å². The molecule has 1 unspecified atom stereocenters. The smallest absolute Gasteiger partial charge is 0.249 e. The second-order valence-electron chi connectivity index (χ2n) is 4.59. The van der Waals surface area contributed by atoms with Crippen molar-refractivity contribution in [2.24, 2.45) is 0 Å². The number of nitrogens with zero attached hydrogens (tertiary/aromatic N) is 1. The van der Waals surface area contributed by atoms with Gasteiger partial charge in [-0.3, -0.25) is 9.59 Å². The van der Waals surface area contributed by atoms with E-state index < -0.39 is 0 Å². The average molecular weight is 298 g/mol. The van der Waals surface area contributed by atoms with Crippen LogP contribution in [0.3, 0.4) is 0 Å². The topological polar surface area (TPSA) is 61.4 Å². The Morgan fingerprint density at radius 3 is 2.70 bits per heavy atom. The van der Waals surface area contributed by atoms with Gasteiger partial charge in [0.15, 0.2) is 0 Å². The predicted molar refractivity (Wildman–Crippen MR) is 81.1 cm³/mol. The summed E-state index contributed by atoms with van der Waals surface area (Å²) >= 11 is 0. The molecule has 1 fully saturated rings. The number of nitrogens with one attached hydrogen (secondary N) is 2. The molecule has 0 saturated carbocycles. The number of rotatable bonds is 5. The number of carbonyl (C=O) groups is 2. The van der Waals surface area contributed by atoms with Crippen LogP contribution < -0.4 is 15.5 Å². The van der Waals surface area contributed by atoms with Gasteiger partial charge in [-0.25, -0.2) is 0 Å². The van der Waals surface area contributed by atoms with Crippen LogP contribution in [0.2, 0.25) is 0 Å². The highest BCUT2D eigenvalue weighted by Gasteiger charge is 2.33. The highest BCUT2D eigenvalue weighted by atomic mass is 35.5. The third-order valence-corrected chi connectivity index (χ3v) is 3.21. The molecule has 1 aliphatic heterocycles. The fourth-order valence-electron chi connectivity index (χ4n) is 2.18. The number of benzene rings is 1. The van der Waals surface area contributed by atoms with Crippen LogP contribution in [0.1, 0.15) is 12.8 Å². The van der Waals surface area contributed by atoms with Crippen LogP contribution in [0.5, 0.6) is 0 Å². The molecule has 0 spiro atoms. The Bertz CT molecular complexity index is 453. The molecule has 0 aliphatic carbocycles. The first-order chi connectivity index (χ1) is 9.22. The predicted octanol–water partition coefficient (Wildman–Crippen LogP) is 0.939. The first-order valence-corrected chi connectivity index (χ1v) is 6.53. The molecule has 0 radical (unpaired) electrons. The highest BCUT2D eigenvalue weighted by molar-refractivity contribution is 6.01. The molecule has 1 aromatic rings. The van der Waals surface area contributed by atoms with Crippen LogP contribution in [0.4, 0.5) is 5.69 Å². The molecule has 1 atom stereocenters. The molecule has 2 amide bonds. The summed E-state index contributed by atoms with van der Waals surface area (Å²) < 4.78 is 0. The summed E-state index contributed by atoms with van der Waals surface area (Å²) in [5.74, 6) is -0.105. The van der Waals surface area contributed by atoms with E-state index in [0.717, 1.165) is 5.69 Å². The van der Waals surface area contributed by atoms with Crippen molar-refractivity contribution in [3.63, 3.8) is 0 Å². The maximum atomic E-state index is 12.2. The van der Waals surface area contributed by atoms with Gasteiger partial charge in [-0.2, -0.15) is 0 Å². The van der Waals surface area contributed by atoms with Crippen molar-refractivity contribution in [1.29, 1.82) is 0 Å². The third kappa shape index (κ3) is 3.95. The number of carbonyl (C=O) groups excluding carboxylic acids is 2. The molecule has 5 nitrogen and oxygen atoms in total. The van der Waals surface area contributed by atoms with Crippen LogP contribution in [-0.2, 0) is 9.59 Å². The molecule has 6 heteroatoms. The van der Waals surface area contributed by atoms with Crippen LogP contribution in [0.15, 0.2) is 30.3 Å². The Kier molecular flexibility index (Phi) is 6.48. The van der Waals surface area contributed by atoms with Crippen molar-refractivity contribution < 1.29 is 9.59 Å². The number of anilines is 1. The minimum atomic E-state index is -0.385. The Hall–Kier alpha value is -1.59. The van der Waals surface area contributed by atoms with Crippen molar-refractivity contribution >= 4 is 29.9 Å². The van der Waals surface area contributed by atoms with E-state index in [2.05, 4.69) is 10.6 Å². The van der Waals surface area contributed by atoms with Gasteiger partial charge < -0.3 is 15.5 Å². The highest BCUT2D eigenvalue weighted by Crippen LogP contribution is 2.20. The van der Waals surface area contributed by atoms with Gasteiger partial charge in [0.05, 0.1) is 0 Å². The van der Waals surface area contributed by atoms with Gasteiger partial charge in [0.1, 0.15) is 6.04 Å². The van der Waals surface area contributed by atoms with Gasteiger partial charge in [-0.1, -0.05) is 18.2 Å². The molecular weight excluding hydrogens is 278 g/mol. The van der Waals surface area contributed by atoms with Crippen molar-refractivity contribution in [3.8, 4) is 0 Å². The van der Waals surface area contributed by atoms with Crippen LogP contribution in [0.25, 0.3) is 0 Å². The van der Waals surface area contributed by atoms with Crippen molar-refractivity contribution in [1.82, 2.24) is 10.6 Å². The van der Waals surface area contributed by atoms with E-state index in [9.17, 15) is 9.59 Å². The lowest BCUT2D eigenvalue weighted by Gasteiger charge is -2.17. The third-order valence-electron chi connectivity index (χ3n) is 3.21. The molecule has 110 valence electrons. The summed E-state index contributed by atoms with van der Waals surface area (Å²) in [6.07, 6.45) is 1.06. The normalized spacial score (nSPS) is 17.8. The zero-order valence-electron chi connectivity index (χ0n) is 11.5. The standard InChI is InChI=1S/C14H19N3O2.ClH/c1-15-9-7-13(18)16-12-8-10-17(14(12)19)11-5-3-2-4-6-11;/h2-6,12,15H,7-10H2,1H3,(H,16,18);1H.